The first kappa shape index (κ1) is 16.8. The van der Waals surface area contributed by atoms with Crippen LogP contribution in [-0.2, 0) is 0 Å². The molecule has 1 aromatic carbocycles. The van der Waals surface area contributed by atoms with E-state index >= 15 is 0 Å². The highest BCUT2D eigenvalue weighted by Gasteiger charge is 2.23. The second-order valence-electron chi connectivity index (χ2n) is 7.14. The first-order valence-electron chi connectivity index (χ1n) is 9.25. The van der Waals surface area contributed by atoms with Crippen LogP contribution in [0.2, 0.25) is 0 Å². The summed E-state index contributed by atoms with van der Waals surface area (Å²) in [5, 5.41) is 6.26. The molecule has 2 fully saturated rings. The molecule has 0 bridgehead atoms. The van der Waals surface area contributed by atoms with Crippen LogP contribution in [0, 0.1) is 0 Å². The largest absolute Gasteiger partial charge is 0.369 e. The highest BCUT2D eigenvalue weighted by atomic mass is 16.1. The van der Waals surface area contributed by atoms with Gasteiger partial charge in [-0.2, -0.15) is 0 Å². The molecule has 0 spiro atoms. The molecule has 0 radical (unpaired) electrons. The minimum atomic E-state index is -0.0388. The topological polar surface area (TPSA) is 60.5 Å². The Kier molecular flexibility index (Phi) is 4.75. The number of hydrogen-bond donors (Lipinski definition) is 2. The van der Waals surface area contributed by atoms with E-state index in [0.29, 0.717) is 11.6 Å². The molecule has 136 valence electrons. The van der Waals surface area contributed by atoms with E-state index in [9.17, 15) is 4.79 Å². The smallest absolute Gasteiger partial charge is 0.253 e. The Morgan fingerprint density at radius 1 is 1.04 bits per heavy atom. The van der Waals surface area contributed by atoms with Gasteiger partial charge in [-0.3, -0.25) is 4.79 Å². The molecule has 6 nitrogen and oxygen atoms in total. The van der Waals surface area contributed by atoms with Crippen molar-refractivity contribution in [3.05, 3.63) is 48.2 Å². The molecular formula is C20H25N5O. The van der Waals surface area contributed by atoms with Crippen LogP contribution in [0.4, 0.5) is 17.2 Å². The molecule has 26 heavy (non-hydrogen) atoms. The zero-order chi connectivity index (χ0) is 17.9. The van der Waals surface area contributed by atoms with Gasteiger partial charge in [0.15, 0.2) is 0 Å². The maximum Gasteiger partial charge on any atom is 0.253 e. The third kappa shape index (κ3) is 4.14. The minimum Gasteiger partial charge on any atom is -0.369 e. The lowest BCUT2D eigenvalue weighted by atomic mass is 10.2. The van der Waals surface area contributed by atoms with Crippen molar-refractivity contribution in [2.75, 3.05) is 43.4 Å². The minimum absolute atomic E-state index is 0.0388. The summed E-state index contributed by atoms with van der Waals surface area (Å²) in [5.74, 6) is 0.698. The SMILES string of the molecule is CN1CCN(c2ccc(Nc3ccc(C(=O)NC4CC4)cn3)cc2)CC1. The zero-order valence-corrected chi connectivity index (χ0v) is 15.1. The Morgan fingerprint density at radius 3 is 2.38 bits per heavy atom. The fourth-order valence-electron chi connectivity index (χ4n) is 3.07. The van der Waals surface area contributed by atoms with Crippen molar-refractivity contribution in [1.29, 1.82) is 0 Å². The lowest BCUT2D eigenvalue weighted by molar-refractivity contribution is 0.0951. The Morgan fingerprint density at radius 2 is 1.77 bits per heavy atom. The molecule has 2 heterocycles. The van der Waals surface area contributed by atoms with E-state index in [-0.39, 0.29) is 5.91 Å². The Bertz CT molecular complexity index is 747. The lowest BCUT2D eigenvalue weighted by Crippen LogP contribution is -2.44. The number of carbonyl (C=O) groups excluding carboxylic acids is 1. The third-order valence-corrected chi connectivity index (χ3v) is 4.95. The fourth-order valence-corrected chi connectivity index (χ4v) is 3.07. The van der Waals surface area contributed by atoms with Gasteiger partial charge in [0.05, 0.1) is 5.56 Å². The molecule has 1 aliphatic heterocycles. The van der Waals surface area contributed by atoms with Gasteiger partial charge in [-0.1, -0.05) is 0 Å². The van der Waals surface area contributed by atoms with Crippen molar-refractivity contribution in [2.24, 2.45) is 0 Å². The molecule has 2 N–H and O–H groups in total. The van der Waals surface area contributed by atoms with E-state index in [2.05, 4.69) is 56.7 Å². The Hall–Kier alpha value is -2.60. The number of pyridine rings is 1. The molecule has 0 atom stereocenters. The number of hydrogen-bond acceptors (Lipinski definition) is 5. The zero-order valence-electron chi connectivity index (χ0n) is 15.1. The van der Waals surface area contributed by atoms with Gasteiger partial charge in [-0.15, -0.1) is 0 Å². The number of benzene rings is 1. The first-order chi connectivity index (χ1) is 12.7. The second kappa shape index (κ2) is 7.33. The molecule has 1 saturated heterocycles. The standard InChI is InChI=1S/C20H25N5O/c1-24-10-12-25(13-11-24)18-7-5-16(6-8-18)22-19-9-2-15(14-21-19)20(26)23-17-3-4-17/h2,5-9,14,17H,3-4,10-13H2,1H3,(H,21,22)(H,23,26). The van der Waals surface area contributed by atoms with E-state index in [4.69, 9.17) is 0 Å². The summed E-state index contributed by atoms with van der Waals surface area (Å²) in [6.45, 7) is 4.33. The molecular weight excluding hydrogens is 326 g/mol. The van der Waals surface area contributed by atoms with Crippen LogP contribution in [0.1, 0.15) is 23.2 Å². The quantitative estimate of drug-likeness (QED) is 0.867. The van der Waals surface area contributed by atoms with Gasteiger partial charge in [-0.05, 0) is 56.3 Å². The molecule has 1 aliphatic carbocycles. The summed E-state index contributed by atoms with van der Waals surface area (Å²) >= 11 is 0. The van der Waals surface area contributed by atoms with E-state index in [1.165, 1.54) is 5.69 Å². The molecule has 4 rings (SSSR count). The number of rotatable bonds is 5. The molecule has 6 heteroatoms. The molecule has 0 unspecified atom stereocenters. The van der Waals surface area contributed by atoms with Gasteiger partial charge in [-0.25, -0.2) is 4.98 Å². The number of anilines is 3. The summed E-state index contributed by atoms with van der Waals surface area (Å²) in [4.78, 5) is 21.1. The number of nitrogens with zero attached hydrogens (tertiary/aromatic N) is 3. The van der Waals surface area contributed by atoms with E-state index in [1.54, 1.807) is 6.20 Å². The summed E-state index contributed by atoms with van der Waals surface area (Å²) < 4.78 is 0. The van der Waals surface area contributed by atoms with Crippen molar-refractivity contribution in [2.45, 2.75) is 18.9 Å². The number of nitrogens with one attached hydrogen (secondary N) is 2. The fraction of sp³-hybridized carbons (Fsp3) is 0.400. The molecule has 1 saturated carbocycles. The van der Waals surface area contributed by atoms with Crippen molar-refractivity contribution in [3.63, 3.8) is 0 Å². The number of likely N-dealkylation sites (N-methyl/N-ethyl adjacent to an activating group) is 1. The van der Waals surface area contributed by atoms with Crippen LogP contribution in [0.3, 0.4) is 0 Å². The van der Waals surface area contributed by atoms with Crippen LogP contribution in [0.25, 0.3) is 0 Å². The number of carbonyl (C=O) groups is 1. The monoisotopic (exact) mass is 351 g/mol. The van der Waals surface area contributed by atoms with E-state index in [1.807, 2.05) is 12.1 Å². The lowest BCUT2D eigenvalue weighted by Gasteiger charge is -2.34. The van der Waals surface area contributed by atoms with Gasteiger partial charge in [0.1, 0.15) is 5.82 Å². The second-order valence-corrected chi connectivity index (χ2v) is 7.14. The normalized spacial score (nSPS) is 17.8. The molecule has 1 amide bonds. The number of piperazine rings is 1. The Balaban J connectivity index is 1.35. The maximum absolute atomic E-state index is 12.0. The number of aromatic nitrogens is 1. The predicted molar refractivity (Wildman–Crippen MR) is 104 cm³/mol. The van der Waals surface area contributed by atoms with Gasteiger partial charge in [0, 0.05) is 49.8 Å². The van der Waals surface area contributed by atoms with Crippen molar-refractivity contribution in [3.8, 4) is 0 Å². The third-order valence-electron chi connectivity index (χ3n) is 4.95. The van der Waals surface area contributed by atoms with Crippen molar-refractivity contribution < 1.29 is 4.79 Å². The van der Waals surface area contributed by atoms with Crippen LogP contribution in [0.15, 0.2) is 42.6 Å². The summed E-state index contributed by atoms with van der Waals surface area (Å²) in [7, 11) is 2.16. The van der Waals surface area contributed by atoms with Crippen LogP contribution >= 0.6 is 0 Å². The maximum atomic E-state index is 12.0. The highest BCUT2D eigenvalue weighted by molar-refractivity contribution is 5.94. The van der Waals surface area contributed by atoms with E-state index < -0.39 is 0 Å². The summed E-state index contributed by atoms with van der Waals surface area (Å²) in [6, 6.07) is 12.4. The summed E-state index contributed by atoms with van der Waals surface area (Å²) in [6.07, 6.45) is 3.80. The van der Waals surface area contributed by atoms with Gasteiger partial charge >= 0.3 is 0 Å². The average molecular weight is 351 g/mol. The summed E-state index contributed by atoms with van der Waals surface area (Å²) in [5.41, 5.74) is 2.85. The highest BCUT2D eigenvalue weighted by Crippen LogP contribution is 2.22. The average Bonchev–Trinajstić information content (AvgIpc) is 3.48. The predicted octanol–water partition coefficient (Wildman–Crippen LogP) is 2.47. The van der Waals surface area contributed by atoms with Crippen LogP contribution in [-0.4, -0.2) is 55.1 Å². The number of amides is 1. The van der Waals surface area contributed by atoms with Gasteiger partial charge in [0.25, 0.3) is 5.91 Å². The molecule has 2 aromatic rings. The van der Waals surface area contributed by atoms with Crippen molar-refractivity contribution >= 4 is 23.1 Å². The van der Waals surface area contributed by atoms with Gasteiger partial charge < -0.3 is 20.4 Å². The van der Waals surface area contributed by atoms with E-state index in [0.717, 1.165) is 50.5 Å². The first-order valence-corrected chi connectivity index (χ1v) is 9.25. The Labute approximate surface area is 154 Å². The van der Waals surface area contributed by atoms with Crippen LogP contribution in [0.5, 0.6) is 0 Å². The molecule has 2 aliphatic rings. The van der Waals surface area contributed by atoms with Crippen LogP contribution < -0.4 is 15.5 Å². The van der Waals surface area contributed by atoms with Gasteiger partial charge in [0.2, 0.25) is 0 Å². The molecule has 1 aromatic heterocycles. The van der Waals surface area contributed by atoms with Crippen molar-refractivity contribution in [1.82, 2.24) is 15.2 Å².